The van der Waals surface area contributed by atoms with Gasteiger partial charge in [0.05, 0.1) is 5.01 Å². The minimum absolute atomic E-state index is 0. The van der Waals surface area contributed by atoms with Gasteiger partial charge in [-0.3, -0.25) is 4.79 Å². The Labute approximate surface area is 157 Å². The van der Waals surface area contributed by atoms with E-state index < -0.39 is 0 Å². The Morgan fingerprint density at radius 1 is 1.40 bits per heavy atom. The fourth-order valence-corrected chi connectivity index (χ4v) is 3.73. The molecule has 1 saturated carbocycles. The molecule has 1 fully saturated rings. The molecule has 1 aliphatic carbocycles. The summed E-state index contributed by atoms with van der Waals surface area (Å²) in [5, 5.41) is 9.58. The normalized spacial score (nSPS) is 16.2. The average molecular weight is 386 g/mol. The third kappa shape index (κ3) is 4.99. The smallest absolute Gasteiger partial charge is 0.271 e. The van der Waals surface area contributed by atoms with E-state index in [-0.39, 0.29) is 24.4 Å². The molecule has 0 aliphatic heterocycles. The monoisotopic (exact) mass is 385 g/mol. The first-order chi connectivity index (χ1) is 11.7. The molecule has 2 aromatic heterocycles. The number of carbonyl (C=O) groups is 1. The van der Waals surface area contributed by atoms with Crippen LogP contribution in [-0.2, 0) is 6.42 Å². The van der Waals surface area contributed by atoms with Crippen molar-refractivity contribution in [1.29, 1.82) is 0 Å². The number of rotatable bonds is 6. The molecule has 0 bridgehead atoms. The summed E-state index contributed by atoms with van der Waals surface area (Å²) in [7, 11) is 0. The molecule has 2 aromatic rings. The van der Waals surface area contributed by atoms with Crippen LogP contribution in [0.5, 0.6) is 0 Å². The highest BCUT2D eigenvalue weighted by Crippen LogP contribution is 2.31. The van der Waals surface area contributed by atoms with Crippen LogP contribution in [0.1, 0.15) is 78.2 Å². The second-order valence-electron chi connectivity index (χ2n) is 6.19. The van der Waals surface area contributed by atoms with Crippen LogP contribution in [0.3, 0.4) is 0 Å². The molecule has 3 rings (SSSR count). The van der Waals surface area contributed by atoms with E-state index in [4.69, 9.17) is 10.3 Å². The molecule has 3 N–H and O–H groups in total. The van der Waals surface area contributed by atoms with Crippen molar-refractivity contribution < 1.29 is 9.32 Å². The first-order valence-electron chi connectivity index (χ1n) is 8.46. The topological polar surface area (TPSA) is 107 Å². The van der Waals surface area contributed by atoms with Crippen molar-refractivity contribution in [3.63, 3.8) is 0 Å². The van der Waals surface area contributed by atoms with Crippen LogP contribution in [0.25, 0.3) is 0 Å². The summed E-state index contributed by atoms with van der Waals surface area (Å²) in [4.78, 5) is 21.0. The van der Waals surface area contributed by atoms with E-state index in [0.717, 1.165) is 23.7 Å². The zero-order valence-corrected chi connectivity index (χ0v) is 15.9. The second kappa shape index (κ2) is 9.26. The molecule has 7 nitrogen and oxygen atoms in total. The van der Waals surface area contributed by atoms with Crippen molar-refractivity contribution in [2.45, 2.75) is 57.4 Å². The highest BCUT2D eigenvalue weighted by atomic mass is 35.5. The molecule has 1 amide bonds. The number of hydrogen-bond acceptors (Lipinski definition) is 7. The van der Waals surface area contributed by atoms with Crippen LogP contribution in [0.15, 0.2) is 9.90 Å². The minimum atomic E-state index is -0.345. The van der Waals surface area contributed by atoms with Crippen molar-refractivity contribution >= 4 is 29.7 Å². The van der Waals surface area contributed by atoms with E-state index in [2.05, 4.69) is 20.4 Å². The zero-order valence-electron chi connectivity index (χ0n) is 14.2. The molecule has 1 atom stereocenters. The summed E-state index contributed by atoms with van der Waals surface area (Å²) in [5.41, 5.74) is 5.91. The molecular formula is C16H24ClN5O2S. The quantitative estimate of drug-likeness (QED) is 0.791. The summed E-state index contributed by atoms with van der Waals surface area (Å²) in [5.74, 6) is 1.36. The third-order valence-corrected chi connectivity index (χ3v) is 5.20. The molecule has 0 aromatic carbocycles. The van der Waals surface area contributed by atoms with E-state index in [1.807, 2.05) is 6.92 Å². The summed E-state index contributed by atoms with van der Waals surface area (Å²) in [6.45, 7) is 2.36. The number of nitrogens with one attached hydrogen (secondary N) is 1. The lowest BCUT2D eigenvalue weighted by molar-refractivity contribution is 0.0928. The Morgan fingerprint density at radius 2 is 2.16 bits per heavy atom. The fraction of sp³-hybridized carbons (Fsp3) is 0.625. The number of halogens is 1. The molecule has 1 aliphatic rings. The predicted octanol–water partition coefficient (Wildman–Crippen LogP) is 2.99. The maximum atomic E-state index is 12.3. The molecule has 0 saturated heterocycles. The average Bonchev–Trinajstić information content (AvgIpc) is 3.25. The van der Waals surface area contributed by atoms with E-state index in [1.165, 1.54) is 30.6 Å². The Hall–Kier alpha value is -1.51. The van der Waals surface area contributed by atoms with E-state index in [1.54, 1.807) is 5.38 Å². The largest absolute Gasteiger partial charge is 0.339 e. The summed E-state index contributed by atoms with van der Waals surface area (Å²) < 4.78 is 5.35. The van der Waals surface area contributed by atoms with Gasteiger partial charge in [0.15, 0.2) is 5.82 Å². The zero-order chi connectivity index (χ0) is 16.9. The van der Waals surface area contributed by atoms with Gasteiger partial charge in [0.1, 0.15) is 11.7 Å². The van der Waals surface area contributed by atoms with Crippen molar-refractivity contribution in [2.75, 3.05) is 6.54 Å². The maximum absolute atomic E-state index is 12.3. The molecule has 138 valence electrons. The van der Waals surface area contributed by atoms with Gasteiger partial charge in [-0.05, 0) is 26.3 Å². The molecule has 1 unspecified atom stereocenters. The van der Waals surface area contributed by atoms with Gasteiger partial charge >= 0.3 is 0 Å². The number of thiazole rings is 1. The third-order valence-electron chi connectivity index (χ3n) is 4.29. The Balaban J connectivity index is 0.00000225. The van der Waals surface area contributed by atoms with Gasteiger partial charge in [-0.1, -0.05) is 24.4 Å². The molecule has 25 heavy (non-hydrogen) atoms. The first-order valence-corrected chi connectivity index (χ1v) is 9.34. The maximum Gasteiger partial charge on any atom is 0.271 e. The number of amides is 1. The highest BCUT2D eigenvalue weighted by molar-refractivity contribution is 7.09. The number of aromatic nitrogens is 3. The van der Waals surface area contributed by atoms with Gasteiger partial charge in [-0.2, -0.15) is 4.98 Å². The fourth-order valence-electron chi connectivity index (χ4n) is 2.94. The lowest BCUT2D eigenvalue weighted by atomic mass is 9.89. The van der Waals surface area contributed by atoms with Gasteiger partial charge in [-0.25, -0.2) is 4.98 Å². The van der Waals surface area contributed by atoms with Gasteiger partial charge < -0.3 is 15.6 Å². The first kappa shape index (κ1) is 19.8. The Bertz CT molecular complexity index is 684. The molecule has 0 spiro atoms. The van der Waals surface area contributed by atoms with Crippen LogP contribution >= 0.6 is 23.7 Å². The van der Waals surface area contributed by atoms with Crippen LogP contribution in [0.4, 0.5) is 0 Å². The molecule has 0 radical (unpaired) electrons. The van der Waals surface area contributed by atoms with Crippen molar-refractivity contribution in [3.05, 3.63) is 27.8 Å². The van der Waals surface area contributed by atoms with Crippen LogP contribution in [0.2, 0.25) is 0 Å². The molecular weight excluding hydrogens is 362 g/mol. The SMILES string of the molecule is CC(NC(=O)c1csc(CCN)n1)c1nc(C2CCCCC2)no1.Cl. The van der Waals surface area contributed by atoms with E-state index in [0.29, 0.717) is 30.5 Å². The van der Waals surface area contributed by atoms with Gasteiger partial charge in [0.25, 0.3) is 5.91 Å². The molecule has 9 heteroatoms. The number of carbonyl (C=O) groups excluding carboxylic acids is 1. The second-order valence-corrected chi connectivity index (χ2v) is 7.13. The summed E-state index contributed by atoms with van der Waals surface area (Å²) in [6.07, 6.45) is 6.63. The minimum Gasteiger partial charge on any atom is -0.339 e. The lowest BCUT2D eigenvalue weighted by Crippen LogP contribution is -2.27. The predicted molar refractivity (Wildman–Crippen MR) is 98.1 cm³/mol. The van der Waals surface area contributed by atoms with Crippen molar-refractivity contribution in [3.8, 4) is 0 Å². The number of nitrogens with zero attached hydrogens (tertiary/aromatic N) is 3. The van der Waals surface area contributed by atoms with Crippen LogP contribution in [0, 0.1) is 0 Å². The highest BCUT2D eigenvalue weighted by Gasteiger charge is 2.24. The van der Waals surface area contributed by atoms with Crippen molar-refractivity contribution in [1.82, 2.24) is 20.4 Å². The summed E-state index contributed by atoms with van der Waals surface area (Å²) in [6, 6.07) is -0.345. The van der Waals surface area contributed by atoms with Crippen molar-refractivity contribution in [2.24, 2.45) is 5.73 Å². The summed E-state index contributed by atoms with van der Waals surface area (Å²) >= 11 is 1.44. The van der Waals surface area contributed by atoms with E-state index >= 15 is 0 Å². The van der Waals surface area contributed by atoms with E-state index in [9.17, 15) is 4.79 Å². The van der Waals surface area contributed by atoms with Gasteiger partial charge in [-0.15, -0.1) is 23.7 Å². The number of hydrogen-bond donors (Lipinski definition) is 2. The van der Waals surface area contributed by atoms with Crippen LogP contribution in [-0.4, -0.2) is 27.6 Å². The molecule has 2 heterocycles. The number of nitrogens with two attached hydrogens (primary N) is 1. The Morgan fingerprint density at radius 3 is 2.88 bits per heavy atom. The van der Waals surface area contributed by atoms with Gasteiger partial charge in [0, 0.05) is 17.7 Å². The van der Waals surface area contributed by atoms with Gasteiger partial charge in [0.2, 0.25) is 5.89 Å². The lowest BCUT2D eigenvalue weighted by Gasteiger charge is -2.17. The van der Waals surface area contributed by atoms with Crippen LogP contribution < -0.4 is 11.1 Å². The standard InChI is InChI=1S/C16H23N5O2S.ClH/c1-10(18-15(22)12-9-24-13(19-12)7-8-17)16-20-14(21-23-16)11-5-3-2-4-6-11;/h9-11H,2-8,17H2,1H3,(H,18,22);1H. The Kier molecular flexibility index (Phi) is 7.34.